The van der Waals surface area contributed by atoms with Gasteiger partial charge in [0.2, 0.25) is 0 Å². The molecule has 12 heteroatoms. The number of thioether (sulfide) groups is 1. The minimum Gasteiger partial charge on any atom is -0.382 e. The molecule has 2 aromatic heterocycles. The molecule has 3 N–H and O–H groups in total. The van der Waals surface area contributed by atoms with E-state index in [0.29, 0.717) is 29.3 Å². The predicted octanol–water partition coefficient (Wildman–Crippen LogP) is 8.12. The van der Waals surface area contributed by atoms with Crippen molar-refractivity contribution in [3.05, 3.63) is 12.7 Å². The average Bonchev–Trinajstić information content (AvgIpc) is 3.32. The number of nitrogen functional groups attached to an aromatic ring is 1. The third kappa shape index (κ3) is 17.0. The smallest absolute Gasteiger partial charge is 0.353 e. The van der Waals surface area contributed by atoms with Crippen LogP contribution in [0, 0.1) is 0 Å². The lowest BCUT2D eigenvalue weighted by atomic mass is 10.0. The average molecular weight is 630 g/mol. The van der Waals surface area contributed by atoms with Gasteiger partial charge in [-0.25, -0.2) is 15.0 Å². The molecule has 0 amide bonds. The standard InChI is InChI=1S/C29H56N5O4PSSi/c1-26(22-34-24-33-27-28(30)31-23-32-29(27)34)37-25-39(35,36)38-18-20-40-19-16-14-12-10-8-6-5-7-9-11-13-15-17-21-41(2,3)4/h23-24,26H,5-22,25H2,1-4H3,(H,35,36)(H2,30,31,32)/t26-/m1/s1. The van der Waals surface area contributed by atoms with Crippen LogP contribution in [0.5, 0.6) is 0 Å². The van der Waals surface area contributed by atoms with Crippen LogP contribution in [-0.2, 0) is 20.4 Å². The second-order valence-corrected chi connectivity index (χ2v) is 21.1. The number of fused-ring (bicyclic) bond motifs is 1. The van der Waals surface area contributed by atoms with E-state index in [0.717, 1.165) is 5.75 Å². The SMILES string of the molecule is C[C@H](Cn1cnc2c(N)ncnc21)OCP(=O)(O)OCCSCCCCCCCCCCCCCCC[Si](C)(C)C. The molecule has 2 rings (SSSR count). The zero-order chi connectivity index (χ0) is 30.0. The fourth-order valence-corrected chi connectivity index (χ4v) is 7.91. The first-order valence-electron chi connectivity index (χ1n) is 15.6. The van der Waals surface area contributed by atoms with Crippen molar-refractivity contribution in [3.8, 4) is 0 Å². The first-order chi connectivity index (χ1) is 19.6. The molecule has 9 nitrogen and oxygen atoms in total. The molecule has 0 aliphatic rings. The molecular weight excluding hydrogens is 573 g/mol. The summed E-state index contributed by atoms with van der Waals surface area (Å²) in [5.74, 6) is 2.09. The molecule has 0 radical (unpaired) electrons. The summed E-state index contributed by atoms with van der Waals surface area (Å²) in [6, 6.07) is 1.49. The molecular formula is C29H56N5O4PSSi. The number of unbranched alkanes of at least 4 members (excludes halogenated alkanes) is 12. The topological polar surface area (TPSA) is 125 Å². The first kappa shape index (κ1) is 36.2. The monoisotopic (exact) mass is 629 g/mol. The van der Waals surface area contributed by atoms with Gasteiger partial charge in [-0.2, -0.15) is 11.8 Å². The summed E-state index contributed by atoms with van der Waals surface area (Å²) >= 11 is 1.78. The second-order valence-electron chi connectivity index (χ2n) is 12.4. The highest BCUT2D eigenvalue weighted by Crippen LogP contribution is 2.42. The van der Waals surface area contributed by atoms with Gasteiger partial charge >= 0.3 is 7.60 Å². The van der Waals surface area contributed by atoms with Crippen molar-refractivity contribution in [2.45, 2.75) is 129 Å². The summed E-state index contributed by atoms with van der Waals surface area (Å²) in [5, 5.41) is 0. The van der Waals surface area contributed by atoms with Crippen molar-refractivity contribution in [3.63, 3.8) is 0 Å². The molecule has 0 saturated carbocycles. The van der Waals surface area contributed by atoms with Crippen molar-refractivity contribution in [1.82, 2.24) is 19.5 Å². The summed E-state index contributed by atoms with van der Waals surface area (Å²) in [6.07, 6.45) is 20.2. The zero-order valence-electron chi connectivity index (χ0n) is 26.1. The molecule has 0 saturated heterocycles. The van der Waals surface area contributed by atoms with Gasteiger partial charge in [-0.3, -0.25) is 4.57 Å². The summed E-state index contributed by atoms with van der Waals surface area (Å²) < 4.78 is 24.9. The maximum atomic E-state index is 12.3. The fraction of sp³-hybridized carbons (Fsp3) is 0.828. The second kappa shape index (κ2) is 20.1. The summed E-state index contributed by atoms with van der Waals surface area (Å²) in [5.41, 5.74) is 6.95. The highest BCUT2D eigenvalue weighted by molar-refractivity contribution is 7.99. The summed E-state index contributed by atoms with van der Waals surface area (Å²) in [4.78, 5) is 22.5. The Bertz CT molecular complexity index is 1020. The molecule has 1 unspecified atom stereocenters. The molecule has 0 aromatic carbocycles. The summed E-state index contributed by atoms with van der Waals surface area (Å²) in [6.45, 7) is 9.92. The van der Waals surface area contributed by atoms with Gasteiger partial charge in [0.25, 0.3) is 0 Å². The summed E-state index contributed by atoms with van der Waals surface area (Å²) in [7, 11) is -4.62. The zero-order valence-corrected chi connectivity index (χ0v) is 28.8. The molecule has 2 heterocycles. The van der Waals surface area contributed by atoms with Crippen LogP contribution < -0.4 is 5.73 Å². The molecule has 0 aliphatic carbocycles. The normalized spacial score (nSPS) is 14.5. The van der Waals surface area contributed by atoms with Crippen molar-refractivity contribution >= 4 is 44.4 Å². The highest BCUT2D eigenvalue weighted by atomic mass is 32.2. The lowest BCUT2D eigenvalue weighted by Gasteiger charge is -2.17. The predicted molar refractivity (Wildman–Crippen MR) is 176 cm³/mol. The number of nitrogens with two attached hydrogens (primary N) is 1. The third-order valence-electron chi connectivity index (χ3n) is 7.14. The molecule has 236 valence electrons. The van der Waals surface area contributed by atoms with Gasteiger partial charge in [0.1, 0.15) is 18.2 Å². The minimum absolute atomic E-state index is 0.247. The molecule has 0 bridgehead atoms. The van der Waals surface area contributed by atoms with Gasteiger partial charge in [0.05, 0.1) is 25.6 Å². The van der Waals surface area contributed by atoms with E-state index in [2.05, 4.69) is 34.6 Å². The van der Waals surface area contributed by atoms with Crippen molar-refractivity contribution < 1.29 is 18.7 Å². The molecule has 2 aromatic rings. The lowest BCUT2D eigenvalue weighted by Crippen LogP contribution is -2.18. The van der Waals surface area contributed by atoms with E-state index in [1.165, 1.54) is 95.8 Å². The van der Waals surface area contributed by atoms with E-state index >= 15 is 0 Å². The minimum atomic E-state index is -3.79. The van der Waals surface area contributed by atoms with E-state index in [4.69, 9.17) is 15.0 Å². The lowest BCUT2D eigenvalue weighted by molar-refractivity contribution is 0.0724. The Hall–Kier alpha value is -0.973. The number of aromatic nitrogens is 4. The first-order valence-corrected chi connectivity index (χ1v) is 22.3. The third-order valence-corrected chi connectivity index (χ3v) is 11.1. The van der Waals surface area contributed by atoms with Gasteiger partial charge in [0, 0.05) is 13.8 Å². The number of rotatable bonds is 25. The van der Waals surface area contributed by atoms with Crippen molar-refractivity contribution in [2.24, 2.45) is 0 Å². The molecule has 41 heavy (non-hydrogen) atoms. The van der Waals surface area contributed by atoms with Crippen LogP contribution in [-0.4, -0.2) is 63.1 Å². The van der Waals surface area contributed by atoms with Gasteiger partial charge in [-0.15, -0.1) is 0 Å². The molecule has 0 aliphatic heterocycles. The van der Waals surface area contributed by atoms with Gasteiger partial charge in [-0.1, -0.05) is 103 Å². The Morgan fingerprint density at radius 2 is 1.51 bits per heavy atom. The highest BCUT2D eigenvalue weighted by Gasteiger charge is 2.21. The van der Waals surface area contributed by atoms with Crippen LogP contribution >= 0.6 is 19.4 Å². The van der Waals surface area contributed by atoms with E-state index in [1.807, 2.05) is 6.92 Å². The Morgan fingerprint density at radius 3 is 2.12 bits per heavy atom. The molecule has 2 atom stereocenters. The Morgan fingerprint density at radius 1 is 0.927 bits per heavy atom. The van der Waals surface area contributed by atoms with E-state index in [9.17, 15) is 9.46 Å². The van der Waals surface area contributed by atoms with E-state index in [-0.39, 0.29) is 19.1 Å². The van der Waals surface area contributed by atoms with Crippen LogP contribution in [0.2, 0.25) is 25.7 Å². The Labute approximate surface area is 253 Å². The van der Waals surface area contributed by atoms with E-state index in [1.54, 1.807) is 22.7 Å². The quantitative estimate of drug-likeness (QED) is 0.0636. The van der Waals surface area contributed by atoms with Gasteiger partial charge in [0.15, 0.2) is 11.5 Å². The number of hydrogen-bond acceptors (Lipinski definition) is 8. The van der Waals surface area contributed by atoms with Gasteiger partial charge in [-0.05, 0) is 19.1 Å². The van der Waals surface area contributed by atoms with Crippen molar-refractivity contribution in [2.75, 3.05) is 30.2 Å². The van der Waals surface area contributed by atoms with Crippen LogP contribution in [0.25, 0.3) is 11.2 Å². The van der Waals surface area contributed by atoms with Crippen molar-refractivity contribution in [1.29, 1.82) is 0 Å². The maximum absolute atomic E-state index is 12.3. The largest absolute Gasteiger partial charge is 0.382 e. The Kier molecular flexibility index (Phi) is 17.7. The van der Waals surface area contributed by atoms with Gasteiger partial charge < -0.3 is 24.5 Å². The number of anilines is 1. The number of imidazole rings is 1. The number of ether oxygens (including phenoxy) is 1. The van der Waals surface area contributed by atoms with Crippen LogP contribution in [0.3, 0.4) is 0 Å². The maximum Gasteiger partial charge on any atom is 0.353 e. The number of nitrogens with zero attached hydrogens (tertiary/aromatic N) is 4. The Balaban J connectivity index is 1.36. The molecule has 0 spiro atoms. The van der Waals surface area contributed by atoms with Crippen LogP contribution in [0.4, 0.5) is 5.82 Å². The number of hydrogen-bond donors (Lipinski definition) is 2. The fourth-order valence-electron chi connectivity index (χ4n) is 4.77. The molecule has 0 fully saturated rings. The van der Waals surface area contributed by atoms with E-state index < -0.39 is 15.7 Å². The van der Waals surface area contributed by atoms with Crippen LogP contribution in [0.15, 0.2) is 12.7 Å². The van der Waals surface area contributed by atoms with Crippen LogP contribution in [0.1, 0.15) is 90.4 Å².